The second-order valence-electron chi connectivity index (χ2n) is 9.02. The molecule has 1 N–H and O–H groups in total. The second-order valence-corrected chi connectivity index (χ2v) is 10.9. The summed E-state index contributed by atoms with van der Waals surface area (Å²) in [4.78, 5) is 12.6. The number of nitrogens with zero attached hydrogens (tertiary/aromatic N) is 1. The van der Waals surface area contributed by atoms with E-state index in [9.17, 15) is 13.2 Å². The second kappa shape index (κ2) is 11.3. The van der Waals surface area contributed by atoms with Crippen molar-refractivity contribution in [2.75, 3.05) is 16.2 Å². The molecule has 4 rings (SSSR count). The molecule has 0 saturated heterocycles. The molecule has 1 amide bonds. The number of hydrogen-bond donors (Lipinski definition) is 1. The fourth-order valence-corrected chi connectivity index (χ4v) is 5.46. The molecule has 190 valence electrons. The molecule has 7 heteroatoms. The predicted molar refractivity (Wildman–Crippen MR) is 147 cm³/mol. The van der Waals surface area contributed by atoms with Crippen LogP contribution in [0.1, 0.15) is 22.3 Å². The van der Waals surface area contributed by atoms with Gasteiger partial charge >= 0.3 is 0 Å². The van der Waals surface area contributed by atoms with Gasteiger partial charge in [-0.3, -0.25) is 9.10 Å². The van der Waals surface area contributed by atoms with E-state index < -0.39 is 10.0 Å². The van der Waals surface area contributed by atoms with E-state index in [2.05, 4.69) is 5.32 Å². The highest BCUT2D eigenvalue weighted by Gasteiger charge is 2.25. The average molecular weight is 515 g/mol. The van der Waals surface area contributed by atoms with Crippen molar-refractivity contribution in [1.29, 1.82) is 0 Å². The lowest BCUT2D eigenvalue weighted by Gasteiger charge is -2.25. The molecule has 0 aliphatic heterocycles. The van der Waals surface area contributed by atoms with Gasteiger partial charge in [0.25, 0.3) is 15.9 Å². The fourth-order valence-electron chi connectivity index (χ4n) is 4.00. The van der Waals surface area contributed by atoms with E-state index in [-0.39, 0.29) is 24.0 Å². The van der Waals surface area contributed by atoms with Crippen LogP contribution in [0.25, 0.3) is 0 Å². The lowest BCUT2D eigenvalue weighted by molar-refractivity contribution is -0.118. The van der Waals surface area contributed by atoms with E-state index >= 15 is 0 Å². The number of ether oxygens (including phenoxy) is 1. The molecule has 0 saturated carbocycles. The maximum Gasteiger partial charge on any atom is 0.264 e. The van der Waals surface area contributed by atoms with E-state index in [1.54, 1.807) is 48.5 Å². The third-order valence-corrected chi connectivity index (χ3v) is 7.57. The molecule has 0 spiro atoms. The summed E-state index contributed by atoms with van der Waals surface area (Å²) in [5.41, 5.74) is 5.19. The molecular weight excluding hydrogens is 484 g/mol. The van der Waals surface area contributed by atoms with Gasteiger partial charge in [0.05, 0.1) is 17.1 Å². The van der Waals surface area contributed by atoms with Crippen molar-refractivity contribution in [2.45, 2.75) is 32.2 Å². The molecule has 0 bridgehead atoms. The number of aryl methyl sites for hydroxylation is 3. The first kappa shape index (κ1) is 26.0. The summed E-state index contributed by atoms with van der Waals surface area (Å²) in [6.45, 7) is 5.87. The zero-order valence-electron chi connectivity index (χ0n) is 21.1. The van der Waals surface area contributed by atoms with E-state index in [0.717, 1.165) is 27.9 Å². The summed E-state index contributed by atoms with van der Waals surface area (Å²) < 4.78 is 34.3. The van der Waals surface area contributed by atoms with Gasteiger partial charge in [0.15, 0.2) is 6.61 Å². The van der Waals surface area contributed by atoms with Crippen LogP contribution in [0.2, 0.25) is 0 Å². The Hall–Kier alpha value is -4.10. The van der Waals surface area contributed by atoms with Gasteiger partial charge in [-0.2, -0.15) is 0 Å². The number of hydrogen-bond acceptors (Lipinski definition) is 4. The zero-order valence-corrected chi connectivity index (χ0v) is 22.0. The summed E-state index contributed by atoms with van der Waals surface area (Å²) in [6.07, 6.45) is 0. The number of nitrogens with one attached hydrogen (secondary N) is 1. The minimum Gasteiger partial charge on any atom is -0.484 e. The topological polar surface area (TPSA) is 75.7 Å². The molecule has 0 unspecified atom stereocenters. The Balaban J connectivity index is 1.50. The van der Waals surface area contributed by atoms with Crippen LogP contribution in [-0.2, 0) is 21.4 Å². The Bertz CT molecular complexity index is 1450. The van der Waals surface area contributed by atoms with Crippen molar-refractivity contribution >= 4 is 27.3 Å². The van der Waals surface area contributed by atoms with Gasteiger partial charge in [0.1, 0.15) is 5.75 Å². The molecule has 37 heavy (non-hydrogen) atoms. The van der Waals surface area contributed by atoms with Crippen LogP contribution >= 0.6 is 0 Å². The Morgan fingerprint density at radius 3 is 2.03 bits per heavy atom. The fraction of sp³-hybridized carbons (Fsp3) is 0.167. The van der Waals surface area contributed by atoms with Crippen molar-refractivity contribution in [2.24, 2.45) is 0 Å². The number of sulfonamides is 1. The molecule has 0 aliphatic carbocycles. The number of rotatable bonds is 9. The summed E-state index contributed by atoms with van der Waals surface area (Å²) in [6, 6.07) is 28.8. The summed E-state index contributed by atoms with van der Waals surface area (Å²) in [5, 5.41) is 2.84. The number of carbonyl (C=O) groups is 1. The van der Waals surface area contributed by atoms with E-state index in [0.29, 0.717) is 11.4 Å². The standard InChI is InChI=1S/C30H30N2O4S/c1-22-9-15-29(16-10-22)37(34,35)32(20-25-7-5-4-6-8-25)27-11-13-28(14-12-27)36-21-30(33)31-26-18-23(2)17-24(3)19-26/h4-19H,20-21H2,1-3H3,(H,31,33). The van der Waals surface area contributed by atoms with Gasteiger partial charge in [0, 0.05) is 5.69 Å². The number of amides is 1. The quantitative estimate of drug-likeness (QED) is 0.296. The summed E-state index contributed by atoms with van der Waals surface area (Å²) >= 11 is 0. The molecule has 0 aliphatic rings. The molecular formula is C30H30N2O4S. The van der Waals surface area contributed by atoms with Crippen LogP contribution in [0.3, 0.4) is 0 Å². The van der Waals surface area contributed by atoms with Crippen LogP contribution in [0.4, 0.5) is 11.4 Å². The molecule has 0 radical (unpaired) electrons. The van der Waals surface area contributed by atoms with Gasteiger partial charge in [-0.15, -0.1) is 0 Å². The van der Waals surface area contributed by atoms with Crippen molar-refractivity contribution in [3.05, 3.63) is 119 Å². The van der Waals surface area contributed by atoms with Crippen LogP contribution < -0.4 is 14.4 Å². The summed E-state index contributed by atoms with van der Waals surface area (Å²) in [5.74, 6) is 0.188. The normalized spacial score (nSPS) is 11.1. The van der Waals surface area contributed by atoms with Crippen molar-refractivity contribution in [1.82, 2.24) is 0 Å². The van der Waals surface area contributed by atoms with Crippen LogP contribution in [0.15, 0.2) is 102 Å². The molecule has 4 aromatic carbocycles. The molecule has 0 heterocycles. The first-order chi connectivity index (χ1) is 17.7. The molecule has 0 atom stereocenters. The lowest BCUT2D eigenvalue weighted by atomic mass is 10.1. The van der Waals surface area contributed by atoms with Crippen molar-refractivity contribution in [3.63, 3.8) is 0 Å². The number of benzene rings is 4. The van der Waals surface area contributed by atoms with Crippen molar-refractivity contribution in [3.8, 4) is 5.75 Å². The maximum absolute atomic E-state index is 13.6. The molecule has 0 fully saturated rings. The number of anilines is 2. The first-order valence-electron chi connectivity index (χ1n) is 11.9. The van der Waals surface area contributed by atoms with Gasteiger partial charge in [-0.1, -0.05) is 54.1 Å². The van der Waals surface area contributed by atoms with E-state index in [1.165, 1.54) is 4.31 Å². The van der Waals surface area contributed by atoms with Gasteiger partial charge < -0.3 is 10.1 Å². The Labute approximate surface area is 218 Å². The average Bonchev–Trinajstić information content (AvgIpc) is 2.87. The lowest BCUT2D eigenvalue weighted by Crippen LogP contribution is -2.30. The van der Waals surface area contributed by atoms with Crippen LogP contribution in [0, 0.1) is 20.8 Å². The number of carbonyl (C=O) groups excluding carboxylic acids is 1. The molecule has 6 nitrogen and oxygen atoms in total. The summed E-state index contributed by atoms with van der Waals surface area (Å²) in [7, 11) is -3.82. The predicted octanol–water partition coefficient (Wildman–Crippen LogP) is 6.02. The highest BCUT2D eigenvalue weighted by atomic mass is 32.2. The zero-order chi connectivity index (χ0) is 26.4. The third-order valence-electron chi connectivity index (χ3n) is 5.78. The Kier molecular flexibility index (Phi) is 7.94. The van der Waals surface area contributed by atoms with Gasteiger partial charge in [-0.25, -0.2) is 8.42 Å². The van der Waals surface area contributed by atoms with E-state index in [1.807, 2.05) is 69.3 Å². The molecule has 4 aromatic rings. The van der Waals surface area contributed by atoms with Crippen LogP contribution in [0.5, 0.6) is 5.75 Å². The first-order valence-corrected chi connectivity index (χ1v) is 13.4. The highest BCUT2D eigenvalue weighted by molar-refractivity contribution is 7.92. The third kappa shape index (κ3) is 6.77. The SMILES string of the molecule is Cc1ccc(S(=O)(=O)N(Cc2ccccc2)c2ccc(OCC(=O)Nc3cc(C)cc(C)c3)cc2)cc1. The van der Waals surface area contributed by atoms with Gasteiger partial charge in [0.2, 0.25) is 0 Å². The Morgan fingerprint density at radius 2 is 1.41 bits per heavy atom. The Morgan fingerprint density at radius 1 is 0.784 bits per heavy atom. The maximum atomic E-state index is 13.6. The highest BCUT2D eigenvalue weighted by Crippen LogP contribution is 2.28. The smallest absolute Gasteiger partial charge is 0.264 e. The van der Waals surface area contributed by atoms with Gasteiger partial charge in [-0.05, 0) is 86.0 Å². The van der Waals surface area contributed by atoms with Crippen LogP contribution in [-0.4, -0.2) is 20.9 Å². The largest absolute Gasteiger partial charge is 0.484 e. The minimum absolute atomic E-state index is 0.165. The van der Waals surface area contributed by atoms with Crippen molar-refractivity contribution < 1.29 is 17.9 Å². The minimum atomic E-state index is -3.82. The molecule has 0 aromatic heterocycles. The van der Waals surface area contributed by atoms with E-state index in [4.69, 9.17) is 4.74 Å². The monoisotopic (exact) mass is 514 g/mol.